The van der Waals surface area contributed by atoms with Gasteiger partial charge in [0.15, 0.2) is 0 Å². The smallest absolute Gasteiger partial charge is 0.261 e. The van der Waals surface area contributed by atoms with Gasteiger partial charge in [0.25, 0.3) is 17.4 Å². The average molecular weight is 353 g/mol. The molecule has 0 fully saturated rings. The molecule has 1 aliphatic rings. The van der Waals surface area contributed by atoms with Gasteiger partial charge < -0.3 is 20.5 Å². The van der Waals surface area contributed by atoms with E-state index in [0.29, 0.717) is 35.7 Å². The second-order valence-corrected chi connectivity index (χ2v) is 6.13. The summed E-state index contributed by atoms with van der Waals surface area (Å²) in [5, 5.41) is 5.36. The molecule has 0 aromatic carbocycles. The molecule has 8 heteroatoms. The minimum Gasteiger partial charge on any atom is -0.351 e. The first-order valence-corrected chi connectivity index (χ1v) is 8.10. The van der Waals surface area contributed by atoms with E-state index in [1.165, 1.54) is 6.07 Å². The Morgan fingerprint density at radius 1 is 1.27 bits per heavy atom. The van der Waals surface area contributed by atoms with Crippen molar-refractivity contribution >= 4 is 29.3 Å². The Morgan fingerprint density at radius 2 is 2.08 bits per heavy atom. The van der Waals surface area contributed by atoms with Crippen LogP contribution >= 0.6 is 0 Å². The summed E-state index contributed by atoms with van der Waals surface area (Å²) < 4.78 is 0. The highest BCUT2D eigenvalue weighted by Crippen LogP contribution is 2.30. The van der Waals surface area contributed by atoms with Gasteiger partial charge in [-0.25, -0.2) is 4.98 Å². The molecule has 0 atom stereocenters. The van der Waals surface area contributed by atoms with Crippen LogP contribution in [0.5, 0.6) is 0 Å². The molecule has 134 valence electrons. The van der Waals surface area contributed by atoms with E-state index in [2.05, 4.69) is 20.6 Å². The molecule has 2 aromatic rings. The SMILES string of the molecule is CN(C)CCNC(=O)c1ccc(/C=C2\C(=O)Nc3ncccc32)[nH]c1=O. The largest absolute Gasteiger partial charge is 0.351 e. The second kappa shape index (κ2) is 7.32. The maximum atomic E-state index is 12.2. The van der Waals surface area contributed by atoms with Gasteiger partial charge in [0.2, 0.25) is 0 Å². The molecule has 0 spiro atoms. The minimum absolute atomic E-state index is 0.0313. The Labute approximate surface area is 149 Å². The third-order valence-electron chi connectivity index (χ3n) is 3.90. The van der Waals surface area contributed by atoms with Gasteiger partial charge in [0.1, 0.15) is 11.4 Å². The molecule has 2 aromatic heterocycles. The van der Waals surface area contributed by atoms with E-state index in [9.17, 15) is 14.4 Å². The number of fused-ring (bicyclic) bond motifs is 1. The first kappa shape index (κ1) is 17.6. The predicted octanol–water partition coefficient (Wildman–Crippen LogP) is 0.554. The number of likely N-dealkylation sites (N-methyl/N-ethyl adjacent to an activating group) is 1. The molecular formula is C18H19N5O3. The molecule has 8 nitrogen and oxygen atoms in total. The summed E-state index contributed by atoms with van der Waals surface area (Å²) in [5.74, 6) is -0.228. The number of rotatable bonds is 5. The maximum Gasteiger partial charge on any atom is 0.261 e. The molecule has 26 heavy (non-hydrogen) atoms. The fourth-order valence-corrected chi connectivity index (χ4v) is 2.56. The van der Waals surface area contributed by atoms with E-state index in [1.807, 2.05) is 19.0 Å². The number of amides is 2. The number of anilines is 1. The van der Waals surface area contributed by atoms with Crippen molar-refractivity contribution in [1.82, 2.24) is 20.2 Å². The monoisotopic (exact) mass is 353 g/mol. The van der Waals surface area contributed by atoms with Gasteiger partial charge in [-0.05, 0) is 44.4 Å². The normalized spacial score (nSPS) is 14.4. The lowest BCUT2D eigenvalue weighted by Gasteiger charge is -2.10. The highest BCUT2D eigenvalue weighted by Gasteiger charge is 2.24. The topological polar surface area (TPSA) is 107 Å². The van der Waals surface area contributed by atoms with Gasteiger partial charge in [0.05, 0.1) is 5.57 Å². The molecule has 0 bridgehead atoms. The lowest BCUT2D eigenvalue weighted by Crippen LogP contribution is -2.34. The van der Waals surface area contributed by atoms with Crippen LogP contribution in [0.1, 0.15) is 21.6 Å². The average Bonchev–Trinajstić information content (AvgIpc) is 2.90. The number of H-pyrrole nitrogens is 1. The van der Waals surface area contributed by atoms with Crippen LogP contribution in [0, 0.1) is 0 Å². The molecular weight excluding hydrogens is 334 g/mol. The van der Waals surface area contributed by atoms with Crippen molar-refractivity contribution < 1.29 is 9.59 Å². The predicted molar refractivity (Wildman–Crippen MR) is 98.7 cm³/mol. The van der Waals surface area contributed by atoms with Crippen LogP contribution in [0.15, 0.2) is 35.3 Å². The molecule has 0 saturated carbocycles. The molecule has 0 radical (unpaired) electrons. The number of nitrogens with zero attached hydrogens (tertiary/aromatic N) is 2. The van der Waals surface area contributed by atoms with E-state index in [4.69, 9.17) is 0 Å². The van der Waals surface area contributed by atoms with Gasteiger partial charge in [-0.15, -0.1) is 0 Å². The molecule has 3 N–H and O–H groups in total. The second-order valence-electron chi connectivity index (χ2n) is 6.13. The quantitative estimate of drug-likeness (QED) is 0.681. The van der Waals surface area contributed by atoms with Crippen molar-refractivity contribution in [2.24, 2.45) is 0 Å². The zero-order valence-corrected chi connectivity index (χ0v) is 14.5. The summed E-state index contributed by atoms with van der Waals surface area (Å²) in [7, 11) is 3.79. The van der Waals surface area contributed by atoms with Crippen LogP contribution < -0.4 is 16.2 Å². The van der Waals surface area contributed by atoms with Crippen LogP contribution in [-0.2, 0) is 4.79 Å². The zero-order valence-electron chi connectivity index (χ0n) is 14.5. The number of nitrogens with one attached hydrogen (secondary N) is 3. The molecule has 3 rings (SSSR count). The lowest BCUT2D eigenvalue weighted by atomic mass is 10.1. The fraction of sp³-hybridized carbons (Fsp3) is 0.222. The third-order valence-corrected chi connectivity index (χ3v) is 3.90. The van der Waals surface area contributed by atoms with Crippen LogP contribution in [-0.4, -0.2) is 53.9 Å². The van der Waals surface area contributed by atoms with Gasteiger partial charge in [-0.3, -0.25) is 14.4 Å². The van der Waals surface area contributed by atoms with E-state index in [-0.39, 0.29) is 11.5 Å². The van der Waals surface area contributed by atoms with E-state index in [0.717, 1.165) is 0 Å². The number of carbonyl (C=O) groups is 2. The Morgan fingerprint density at radius 3 is 2.81 bits per heavy atom. The van der Waals surface area contributed by atoms with Crippen molar-refractivity contribution in [2.75, 3.05) is 32.5 Å². The fourth-order valence-electron chi connectivity index (χ4n) is 2.56. The number of aromatic amines is 1. The number of carbonyl (C=O) groups excluding carboxylic acids is 2. The van der Waals surface area contributed by atoms with Crippen molar-refractivity contribution in [2.45, 2.75) is 0 Å². The summed E-state index contributed by atoms with van der Waals surface area (Å²) in [6.45, 7) is 1.12. The Balaban J connectivity index is 1.81. The Hall–Kier alpha value is -3.26. The van der Waals surface area contributed by atoms with Gasteiger partial charge >= 0.3 is 0 Å². The van der Waals surface area contributed by atoms with Crippen LogP contribution in [0.2, 0.25) is 0 Å². The van der Waals surface area contributed by atoms with Gasteiger partial charge in [-0.2, -0.15) is 0 Å². The van der Waals surface area contributed by atoms with Crippen molar-refractivity contribution in [3.63, 3.8) is 0 Å². The van der Waals surface area contributed by atoms with Crippen LogP contribution in [0.3, 0.4) is 0 Å². The number of aromatic nitrogens is 2. The first-order valence-electron chi connectivity index (χ1n) is 8.10. The minimum atomic E-state index is -0.508. The maximum absolute atomic E-state index is 12.2. The lowest BCUT2D eigenvalue weighted by molar-refractivity contribution is -0.110. The summed E-state index contributed by atoms with van der Waals surface area (Å²) in [6.07, 6.45) is 3.16. The van der Waals surface area contributed by atoms with Crippen molar-refractivity contribution in [3.8, 4) is 0 Å². The third kappa shape index (κ3) is 3.70. The molecule has 3 heterocycles. The van der Waals surface area contributed by atoms with E-state index >= 15 is 0 Å². The molecule has 0 unspecified atom stereocenters. The Bertz CT molecular complexity index is 946. The summed E-state index contributed by atoms with van der Waals surface area (Å²) in [4.78, 5) is 45.0. The van der Waals surface area contributed by atoms with Crippen LogP contribution in [0.4, 0.5) is 5.82 Å². The summed E-state index contributed by atoms with van der Waals surface area (Å²) >= 11 is 0. The highest BCUT2D eigenvalue weighted by atomic mass is 16.2. The van der Waals surface area contributed by atoms with E-state index < -0.39 is 11.5 Å². The van der Waals surface area contributed by atoms with Crippen molar-refractivity contribution in [1.29, 1.82) is 0 Å². The zero-order chi connectivity index (χ0) is 18.7. The molecule has 2 amide bonds. The number of hydrogen-bond donors (Lipinski definition) is 3. The van der Waals surface area contributed by atoms with Gasteiger partial charge in [0, 0.05) is 30.5 Å². The summed E-state index contributed by atoms with van der Waals surface area (Å²) in [6, 6.07) is 6.55. The van der Waals surface area contributed by atoms with Gasteiger partial charge in [-0.1, -0.05) is 0 Å². The Kier molecular flexibility index (Phi) is 4.94. The van der Waals surface area contributed by atoms with E-state index in [1.54, 1.807) is 30.5 Å². The molecule has 0 aliphatic carbocycles. The molecule has 1 aliphatic heterocycles. The van der Waals surface area contributed by atoms with Crippen molar-refractivity contribution in [3.05, 3.63) is 57.6 Å². The highest BCUT2D eigenvalue weighted by molar-refractivity contribution is 6.34. The van der Waals surface area contributed by atoms with Crippen LogP contribution in [0.25, 0.3) is 11.6 Å². The molecule has 0 saturated heterocycles. The standard InChI is InChI=1S/C18H19N5O3/c1-23(2)9-8-20-16(24)13-6-5-11(21-17(13)25)10-14-12-4-3-7-19-15(12)22-18(14)26/h3-7,10H,8-9H2,1-2H3,(H,20,24)(H,21,25)(H,19,22,26)/b14-10-. The number of pyridine rings is 2. The number of hydrogen-bond acceptors (Lipinski definition) is 5. The first-order chi connectivity index (χ1) is 12.5. The summed E-state index contributed by atoms with van der Waals surface area (Å²) in [5.41, 5.74) is 1.04.